The number of carbonyl (C=O) groups excluding carboxylic acids is 1. The van der Waals surface area contributed by atoms with Crippen molar-refractivity contribution >= 4 is 21.8 Å². The normalized spacial score (nSPS) is 14.1. The fourth-order valence-corrected chi connectivity index (χ4v) is 2.48. The van der Waals surface area contributed by atoms with Crippen LogP contribution in [0.5, 0.6) is 0 Å². The van der Waals surface area contributed by atoms with Crippen molar-refractivity contribution in [1.82, 2.24) is 10.4 Å². The zero-order valence-electron chi connectivity index (χ0n) is 14.8. The van der Waals surface area contributed by atoms with E-state index in [2.05, 4.69) is 27.9 Å². The predicted molar refractivity (Wildman–Crippen MR) is 95.4 cm³/mol. The van der Waals surface area contributed by atoms with Crippen molar-refractivity contribution in [1.29, 1.82) is 0 Å². The summed E-state index contributed by atoms with van der Waals surface area (Å²) in [5.74, 6) is -1.25. The Bertz CT molecular complexity index is 726. The molecule has 1 rings (SSSR count). The molecule has 1 atom stereocenters. The van der Waals surface area contributed by atoms with Gasteiger partial charge >= 0.3 is 12.4 Å². The molecule has 0 bridgehead atoms. The summed E-state index contributed by atoms with van der Waals surface area (Å²) in [6, 6.07) is 0.406. The molecule has 11 heteroatoms. The highest BCUT2D eigenvalue weighted by atomic mass is 79.9. The summed E-state index contributed by atoms with van der Waals surface area (Å²) in [7, 11) is 0. The molecular formula is C17H18BrF6N3O. The highest BCUT2D eigenvalue weighted by molar-refractivity contribution is 9.12. The molecule has 0 aliphatic rings. The van der Waals surface area contributed by atoms with Gasteiger partial charge in [-0.25, -0.2) is 5.43 Å². The topological polar surface area (TPSA) is 58.4 Å². The first kappa shape index (κ1) is 24.0. The lowest BCUT2D eigenvalue weighted by atomic mass is 9.93. The minimum absolute atomic E-state index is 0.0652. The van der Waals surface area contributed by atoms with Gasteiger partial charge < -0.3 is 5.73 Å². The fraction of sp³-hybridized carbons (Fsp3) is 0.353. The summed E-state index contributed by atoms with van der Waals surface area (Å²) >= 11 is 2.90. The van der Waals surface area contributed by atoms with Crippen LogP contribution >= 0.6 is 15.9 Å². The van der Waals surface area contributed by atoms with Crippen LogP contribution in [0.1, 0.15) is 36.6 Å². The molecule has 1 aromatic rings. The molecule has 3 N–H and O–H groups in total. The largest absolute Gasteiger partial charge is 0.416 e. The second-order valence-corrected chi connectivity index (χ2v) is 6.98. The number of nitrogens with zero attached hydrogens (tertiary/aromatic N) is 1. The monoisotopic (exact) mass is 473 g/mol. The lowest BCUT2D eigenvalue weighted by Crippen LogP contribution is -2.36. The van der Waals surface area contributed by atoms with Crippen LogP contribution in [0.25, 0.3) is 0 Å². The van der Waals surface area contributed by atoms with Gasteiger partial charge in [-0.2, -0.15) is 26.3 Å². The molecule has 0 fully saturated rings. The molecule has 0 spiro atoms. The zero-order valence-corrected chi connectivity index (χ0v) is 16.4. The maximum absolute atomic E-state index is 13.1. The van der Waals surface area contributed by atoms with E-state index >= 15 is 0 Å². The van der Waals surface area contributed by atoms with Crippen LogP contribution in [0.4, 0.5) is 26.3 Å². The van der Waals surface area contributed by atoms with E-state index in [1.54, 1.807) is 13.8 Å². The van der Waals surface area contributed by atoms with Crippen LogP contribution in [0, 0.1) is 5.92 Å². The predicted octanol–water partition coefficient (Wildman–Crippen LogP) is 5.09. The maximum Gasteiger partial charge on any atom is 0.416 e. The van der Waals surface area contributed by atoms with Crippen molar-refractivity contribution in [2.75, 3.05) is 0 Å². The number of primary amides is 1. The standard InChI is InChI=1S/C17H18BrF6N3O/c1-4-27(8-13(18)15(25)28)26-14(9(2)3)10-5-11(16(19,20)21)7-12(6-10)17(22,23)24/h4-9,14,26H,1H2,2-3H3,(H2,25,28)/b13-8+. The Hall–Kier alpha value is -2.01. The highest BCUT2D eigenvalue weighted by Gasteiger charge is 2.37. The number of carbonyl (C=O) groups is 1. The molecule has 1 aromatic carbocycles. The van der Waals surface area contributed by atoms with Crippen molar-refractivity contribution in [3.05, 3.63) is 58.4 Å². The molecule has 0 aromatic heterocycles. The number of halogens is 7. The average molecular weight is 474 g/mol. The summed E-state index contributed by atoms with van der Waals surface area (Å²) in [5, 5.41) is 1.12. The Morgan fingerprint density at radius 2 is 1.61 bits per heavy atom. The number of amides is 1. The van der Waals surface area contributed by atoms with Crippen molar-refractivity contribution < 1.29 is 31.1 Å². The van der Waals surface area contributed by atoms with E-state index in [1.807, 2.05) is 0 Å². The van der Waals surface area contributed by atoms with Crippen LogP contribution in [-0.4, -0.2) is 10.9 Å². The van der Waals surface area contributed by atoms with E-state index < -0.39 is 41.3 Å². The van der Waals surface area contributed by atoms with Gasteiger partial charge in [0.1, 0.15) is 0 Å². The maximum atomic E-state index is 13.1. The Kier molecular flexibility index (Phi) is 7.72. The number of nitrogens with two attached hydrogens (primary N) is 1. The summed E-state index contributed by atoms with van der Waals surface area (Å²) in [6.45, 7) is 6.70. The number of rotatable bonds is 7. The van der Waals surface area contributed by atoms with Crippen LogP contribution < -0.4 is 11.2 Å². The highest BCUT2D eigenvalue weighted by Crippen LogP contribution is 2.38. The third kappa shape index (κ3) is 6.55. The molecule has 28 heavy (non-hydrogen) atoms. The molecule has 0 aliphatic carbocycles. The number of benzene rings is 1. The molecule has 4 nitrogen and oxygen atoms in total. The minimum Gasteiger partial charge on any atom is -0.365 e. The molecule has 0 heterocycles. The van der Waals surface area contributed by atoms with E-state index in [0.29, 0.717) is 12.1 Å². The van der Waals surface area contributed by atoms with Crippen LogP contribution in [0.3, 0.4) is 0 Å². The van der Waals surface area contributed by atoms with E-state index in [1.165, 1.54) is 6.20 Å². The van der Waals surface area contributed by atoms with E-state index in [0.717, 1.165) is 11.2 Å². The van der Waals surface area contributed by atoms with E-state index in [4.69, 9.17) is 5.73 Å². The first-order chi connectivity index (χ1) is 12.7. The van der Waals surface area contributed by atoms with E-state index in [-0.39, 0.29) is 16.1 Å². The number of hydrazine groups is 1. The Labute approximate surface area is 166 Å². The molecule has 0 radical (unpaired) electrons. The van der Waals surface area contributed by atoms with Crippen molar-refractivity contribution in [2.24, 2.45) is 11.7 Å². The van der Waals surface area contributed by atoms with Crippen LogP contribution in [0.2, 0.25) is 0 Å². The third-order valence-corrected chi connectivity index (χ3v) is 4.20. The van der Waals surface area contributed by atoms with Crippen molar-refractivity contribution in [3.8, 4) is 0 Å². The first-order valence-corrected chi connectivity index (χ1v) is 8.59. The summed E-state index contributed by atoms with van der Waals surface area (Å²) in [4.78, 5) is 11.1. The summed E-state index contributed by atoms with van der Waals surface area (Å²) in [6.07, 6.45) is -7.57. The molecule has 0 saturated heterocycles. The number of nitrogens with one attached hydrogen (secondary N) is 1. The first-order valence-electron chi connectivity index (χ1n) is 7.80. The van der Waals surface area contributed by atoms with Crippen LogP contribution in [-0.2, 0) is 17.1 Å². The second kappa shape index (κ2) is 8.99. The molecule has 0 saturated carbocycles. The quantitative estimate of drug-likeness (QED) is 0.329. The minimum atomic E-state index is -4.95. The Balaban J connectivity index is 3.46. The number of hydrogen-bond donors (Lipinski definition) is 2. The smallest absolute Gasteiger partial charge is 0.365 e. The molecule has 1 amide bonds. The third-order valence-electron chi connectivity index (χ3n) is 3.61. The van der Waals surface area contributed by atoms with Gasteiger partial charge in [-0.05, 0) is 45.6 Å². The van der Waals surface area contributed by atoms with Gasteiger partial charge in [0.25, 0.3) is 5.91 Å². The Morgan fingerprint density at radius 3 is 1.93 bits per heavy atom. The summed E-state index contributed by atoms with van der Waals surface area (Å²) in [5.41, 5.74) is 4.76. The number of hydrogen-bond acceptors (Lipinski definition) is 3. The SMILES string of the molecule is C=CN(/C=C(/Br)C(N)=O)NC(c1cc(C(F)(F)F)cc(C(F)(F)F)c1)C(C)C. The van der Waals surface area contributed by atoms with Gasteiger partial charge in [0.2, 0.25) is 0 Å². The lowest BCUT2D eigenvalue weighted by Gasteiger charge is -2.29. The van der Waals surface area contributed by atoms with Gasteiger partial charge in [0.05, 0.1) is 21.7 Å². The Morgan fingerprint density at radius 1 is 1.14 bits per heavy atom. The van der Waals surface area contributed by atoms with Crippen molar-refractivity contribution in [3.63, 3.8) is 0 Å². The molecule has 1 unspecified atom stereocenters. The average Bonchev–Trinajstić information content (AvgIpc) is 2.55. The van der Waals surface area contributed by atoms with Gasteiger partial charge in [-0.3, -0.25) is 9.80 Å². The van der Waals surface area contributed by atoms with Crippen LogP contribution in [0.15, 0.2) is 41.7 Å². The zero-order chi connectivity index (χ0) is 21.9. The van der Waals surface area contributed by atoms with Crippen molar-refractivity contribution in [2.45, 2.75) is 32.2 Å². The van der Waals surface area contributed by atoms with Gasteiger partial charge in [-0.15, -0.1) is 0 Å². The summed E-state index contributed by atoms with van der Waals surface area (Å²) < 4.78 is 78.6. The van der Waals surface area contributed by atoms with Gasteiger partial charge in [0.15, 0.2) is 0 Å². The van der Waals surface area contributed by atoms with Gasteiger partial charge in [0, 0.05) is 12.4 Å². The van der Waals surface area contributed by atoms with E-state index in [9.17, 15) is 31.1 Å². The molecule has 0 aliphatic heterocycles. The second-order valence-electron chi connectivity index (χ2n) is 6.12. The fourth-order valence-electron chi connectivity index (χ4n) is 2.26. The lowest BCUT2D eigenvalue weighted by molar-refractivity contribution is -0.143. The van der Waals surface area contributed by atoms with Gasteiger partial charge in [-0.1, -0.05) is 20.4 Å². The number of alkyl halides is 6. The molecular weight excluding hydrogens is 456 g/mol. The molecule has 156 valence electrons.